The minimum atomic E-state index is -0.626. The summed E-state index contributed by atoms with van der Waals surface area (Å²) in [4.78, 5) is 12.6. The van der Waals surface area contributed by atoms with Crippen LogP contribution in [0.2, 0.25) is 0 Å². The fourth-order valence-corrected chi connectivity index (χ4v) is 2.94. The van der Waals surface area contributed by atoms with Crippen LogP contribution in [0.5, 0.6) is 11.5 Å². The smallest absolute Gasteiger partial charge is 0.265 e. The Morgan fingerprint density at radius 3 is 2.27 bits per heavy atom. The van der Waals surface area contributed by atoms with Crippen LogP contribution >= 0.6 is 0 Å². The molecule has 0 aliphatic carbocycles. The van der Waals surface area contributed by atoms with E-state index in [-0.39, 0.29) is 11.3 Å². The lowest BCUT2D eigenvalue weighted by atomic mass is 9.87. The van der Waals surface area contributed by atoms with Gasteiger partial charge in [-0.2, -0.15) is 0 Å². The predicted octanol–water partition coefficient (Wildman–Crippen LogP) is 5.97. The Morgan fingerprint density at radius 2 is 1.60 bits per heavy atom. The van der Waals surface area contributed by atoms with Gasteiger partial charge in [-0.15, -0.1) is 0 Å². The first-order valence-electron chi connectivity index (χ1n) is 10.2. The largest absolute Gasteiger partial charge is 0.489 e. The van der Waals surface area contributed by atoms with Crippen LogP contribution in [0.1, 0.15) is 38.8 Å². The summed E-state index contributed by atoms with van der Waals surface area (Å²) in [5, 5.41) is 2.89. The van der Waals surface area contributed by atoms with Gasteiger partial charge >= 0.3 is 0 Å². The molecule has 0 aliphatic rings. The number of carbonyl (C=O) groups is 1. The van der Waals surface area contributed by atoms with E-state index in [9.17, 15) is 4.79 Å². The molecule has 4 heteroatoms. The number of nitrogens with one attached hydrogen (secondary N) is 1. The summed E-state index contributed by atoms with van der Waals surface area (Å²) in [6.45, 7) is 8.70. The third-order valence-corrected chi connectivity index (χ3v) is 4.75. The van der Waals surface area contributed by atoms with Crippen LogP contribution in [0.3, 0.4) is 0 Å². The van der Waals surface area contributed by atoms with Gasteiger partial charge in [-0.25, -0.2) is 0 Å². The first-order chi connectivity index (χ1) is 14.3. The van der Waals surface area contributed by atoms with Crippen LogP contribution in [-0.4, -0.2) is 12.0 Å². The van der Waals surface area contributed by atoms with Crippen molar-refractivity contribution in [2.75, 3.05) is 5.32 Å². The highest BCUT2D eigenvalue weighted by atomic mass is 16.5. The van der Waals surface area contributed by atoms with Crippen LogP contribution in [0.25, 0.3) is 0 Å². The van der Waals surface area contributed by atoms with Crippen molar-refractivity contribution in [1.29, 1.82) is 0 Å². The fourth-order valence-electron chi connectivity index (χ4n) is 2.94. The summed E-state index contributed by atoms with van der Waals surface area (Å²) >= 11 is 0. The number of rotatable bonds is 7. The molecule has 0 heterocycles. The van der Waals surface area contributed by atoms with E-state index in [1.807, 2.05) is 78.9 Å². The third kappa shape index (κ3) is 6.11. The van der Waals surface area contributed by atoms with E-state index >= 15 is 0 Å². The topological polar surface area (TPSA) is 47.6 Å². The summed E-state index contributed by atoms with van der Waals surface area (Å²) in [6.07, 6.45) is -0.626. The molecule has 0 bridgehead atoms. The maximum Gasteiger partial charge on any atom is 0.265 e. The number of hydrogen-bond donors (Lipinski definition) is 1. The van der Waals surface area contributed by atoms with Gasteiger partial charge in [-0.3, -0.25) is 4.79 Å². The number of amides is 1. The van der Waals surface area contributed by atoms with Crippen molar-refractivity contribution in [3.05, 3.63) is 90.0 Å². The number of ether oxygens (including phenoxy) is 2. The van der Waals surface area contributed by atoms with Gasteiger partial charge in [0.05, 0.1) is 0 Å². The highest BCUT2D eigenvalue weighted by Crippen LogP contribution is 2.25. The molecule has 1 atom stereocenters. The molecule has 0 spiro atoms. The molecule has 0 saturated carbocycles. The van der Waals surface area contributed by atoms with Crippen molar-refractivity contribution in [3.63, 3.8) is 0 Å². The van der Waals surface area contributed by atoms with E-state index in [0.29, 0.717) is 23.8 Å². The molecular weight excluding hydrogens is 374 g/mol. The Balaban J connectivity index is 1.56. The van der Waals surface area contributed by atoms with Gasteiger partial charge in [-0.05, 0) is 47.7 Å². The van der Waals surface area contributed by atoms with Crippen molar-refractivity contribution in [1.82, 2.24) is 0 Å². The van der Waals surface area contributed by atoms with Crippen LogP contribution in [0.4, 0.5) is 5.69 Å². The first-order valence-corrected chi connectivity index (χ1v) is 10.2. The molecule has 3 rings (SSSR count). The lowest BCUT2D eigenvalue weighted by molar-refractivity contribution is -0.122. The fraction of sp³-hybridized carbons (Fsp3) is 0.269. The molecule has 0 saturated heterocycles. The highest BCUT2D eigenvalue weighted by molar-refractivity contribution is 5.94. The summed E-state index contributed by atoms with van der Waals surface area (Å²) in [5.74, 6) is 1.16. The van der Waals surface area contributed by atoms with Gasteiger partial charge in [0.25, 0.3) is 5.91 Å². The second-order valence-corrected chi connectivity index (χ2v) is 8.33. The van der Waals surface area contributed by atoms with Gasteiger partial charge in [0.15, 0.2) is 6.10 Å². The third-order valence-electron chi connectivity index (χ3n) is 4.75. The van der Waals surface area contributed by atoms with Crippen molar-refractivity contribution in [2.24, 2.45) is 0 Å². The summed E-state index contributed by atoms with van der Waals surface area (Å²) in [7, 11) is 0. The van der Waals surface area contributed by atoms with Crippen LogP contribution in [0.15, 0.2) is 78.9 Å². The molecule has 4 nitrogen and oxygen atoms in total. The van der Waals surface area contributed by atoms with Crippen molar-refractivity contribution in [3.8, 4) is 11.5 Å². The van der Waals surface area contributed by atoms with Gasteiger partial charge in [0.2, 0.25) is 0 Å². The minimum Gasteiger partial charge on any atom is -0.489 e. The van der Waals surface area contributed by atoms with Gasteiger partial charge < -0.3 is 14.8 Å². The van der Waals surface area contributed by atoms with Crippen molar-refractivity contribution >= 4 is 11.6 Å². The Labute approximate surface area is 178 Å². The second-order valence-electron chi connectivity index (χ2n) is 8.33. The Bertz CT molecular complexity index is 960. The van der Waals surface area contributed by atoms with E-state index in [0.717, 1.165) is 5.56 Å². The molecule has 3 aromatic rings. The van der Waals surface area contributed by atoms with E-state index in [2.05, 4.69) is 26.1 Å². The van der Waals surface area contributed by atoms with E-state index < -0.39 is 6.10 Å². The number of carbonyl (C=O) groups excluding carboxylic acids is 1. The van der Waals surface area contributed by atoms with Gasteiger partial charge in [0, 0.05) is 11.8 Å². The number of hydrogen-bond acceptors (Lipinski definition) is 3. The Morgan fingerprint density at radius 1 is 0.900 bits per heavy atom. The van der Waals surface area contributed by atoms with Crippen LogP contribution in [-0.2, 0) is 16.8 Å². The normalized spacial score (nSPS) is 12.1. The zero-order chi connectivity index (χ0) is 21.6. The van der Waals surface area contributed by atoms with E-state index in [1.54, 1.807) is 6.92 Å². The molecule has 0 radical (unpaired) electrons. The lowest BCUT2D eigenvalue weighted by Gasteiger charge is -2.20. The van der Waals surface area contributed by atoms with E-state index in [1.165, 1.54) is 5.56 Å². The maximum absolute atomic E-state index is 12.6. The monoisotopic (exact) mass is 403 g/mol. The standard InChI is InChI=1S/C26H29NO3/c1-19(30-23-15-13-21(14-16-23)26(2,3)4)25(28)27-22-11-8-12-24(17-22)29-18-20-9-6-5-7-10-20/h5-17,19H,18H2,1-4H3,(H,27,28). The molecule has 30 heavy (non-hydrogen) atoms. The average Bonchev–Trinajstić information content (AvgIpc) is 2.73. The van der Waals surface area contributed by atoms with E-state index in [4.69, 9.17) is 9.47 Å². The molecule has 0 fully saturated rings. The SMILES string of the molecule is CC(Oc1ccc(C(C)(C)C)cc1)C(=O)Nc1cccc(OCc2ccccc2)c1. The molecule has 0 aliphatic heterocycles. The number of anilines is 1. The second kappa shape index (κ2) is 9.49. The molecule has 3 aromatic carbocycles. The zero-order valence-corrected chi connectivity index (χ0v) is 18.0. The molecule has 156 valence electrons. The van der Waals surface area contributed by atoms with Gasteiger partial charge in [0.1, 0.15) is 18.1 Å². The highest BCUT2D eigenvalue weighted by Gasteiger charge is 2.17. The summed E-state index contributed by atoms with van der Waals surface area (Å²) < 4.78 is 11.6. The van der Waals surface area contributed by atoms with Crippen LogP contribution in [0, 0.1) is 0 Å². The molecule has 1 amide bonds. The summed E-state index contributed by atoms with van der Waals surface area (Å²) in [6, 6.07) is 25.2. The first kappa shape index (κ1) is 21.4. The molecule has 1 N–H and O–H groups in total. The zero-order valence-electron chi connectivity index (χ0n) is 18.0. The quantitative estimate of drug-likeness (QED) is 0.529. The molecular formula is C26H29NO3. The molecule has 1 unspecified atom stereocenters. The van der Waals surface area contributed by atoms with Gasteiger partial charge in [-0.1, -0.05) is 69.3 Å². The Kier molecular flexibility index (Phi) is 6.78. The van der Waals surface area contributed by atoms with Crippen molar-refractivity contribution < 1.29 is 14.3 Å². The van der Waals surface area contributed by atoms with Crippen LogP contribution < -0.4 is 14.8 Å². The lowest BCUT2D eigenvalue weighted by Crippen LogP contribution is -2.30. The predicted molar refractivity (Wildman–Crippen MR) is 121 cm³/mol. The van der Waals surface area contributed by atoms with Crippen molar-refractivity contribution in [2.45, 2.75) is 45.8 Å². The average molecular weight is 404 g/mol. The minimum absolute atomic E-state index is 0.0785. The summed E-state index contributed by atoms with van der Waals surface area (Å²) in [5.41, 5.74) is 3.06. The maximum atomic E-state index is 12.6. The molecule has 0 aromatic heterocycles. The Hall–Kier alpha value is -3.27. The number of benzene rings is 3.